The number of carbonyl (C=O) groups excluding carboxylic acids is 2. The number of amides is 3. The van der Waals surface area contributed by atoms with E-state index in [1.165, 1.54) is 0 Å². The van der Waals surface area contributed by atoms with E-state index in [9.17, 15) is 9.59 Å². The Morgan fingerprint density at radius 1 is 0.893 bits per heavy atom. The quantitative estimate of drug-likeness (QED) is 0.514. The third kappa shape index (κ3) is 5.44. The molecule has 3 aromatic carbocycles. The van der Waals surface area contributed by atoms with Crippen LogP contribution < -0.4 is 16.4 Å². The summed E-state index contributed by atoms with van der Waals surface area (Å²) in [5.41, 5.74) is 8.94. The standard InChI is InChI=1S/C22H20BrN3O2/c23-18-8-4-7-17(13-18)20(26-22(24)28)14-21(27)25-19-11-9-16(10-12-19)15-5-2-1-3-6-15/h1-13,20H,14H2,(H,25,27)(H3,24,26,28)/t20-/m1/s1. The van der Waals surface area contributed by atoms with E-state index in [1.54, 1.807) is 0 Å². The molecule has 28 heavy (non-hydrogen) atoms. The molecule has 0 aliphatic rings. The molecule has 0 bridgehead atoms. The Morgan fingerprint density at radius 2 is 1.57 bits per heavy atom. The van der Waals surface area contributed by atoms with Crippen molar-refractivity contribution in [3.63, 3.8) is 0 Å². The van der Waals surface area contributed by atoms with Crippen LogP contribution in [0.1, 0.15) is 18.0 Å². The molecule has 0 radical (unpaired) electrons. The summed E-state index contributed by atoms with van der Waals surface area (Å²) in [6.45, 7) is 0. The van der Waals surface area contributed by atoms with Gasteiger partial charge in [-0.15, -0.1) is 0 Å². The summed E-state index contributed by atoms with van der Waals surface area (Å²) >= 11 is 3.40. The number of carbonyl (C=O) groups is 2. The minimum Gasteiger partial charge on any atom is -0.352 e. The monoisotopic (exact) mass is 437 g/mol. The van der Waals surface area contributed by atoms with Crippen molar-refractivity contribution in [2.45, 2.75) is 12.5 Å². The number of nitrogens with two attached hydrogens (primary N) is 1. The summed E-state index contributed by atoms with van der Waals surface area (Å²) in [6.07, 6.45) is 0.0693. The predicted octanol–water partition coefficient (Wildman–Crippen LogP) is 4.85. The van der Waals surface area contributed by atoms with Gasteiger partial charge < -0.3 is 16.4 Å². The first-order valence-electron chi connectivity index (χ1n) is 8.78. The number of hydrogen-bond donors (Lipinski definition) is 3. The fourth-order valence-corrected chi connectivity index (χ4v) is 3.34. The van der Waals surface area contributed by atoms with Gasteiger partial charge in [-0.25, -0.2) is 4.79 Å². The lowest BCUT2D eigenvalue weighted by Crippen LogP contribution is -2.35. The SMILES string of the molecule is NC(=O)N[C@H](CC(=O)Nc1ccc(-c2ccccc2)cc1)c1cccc(Br)c1. The van der Waals surface area contributed by atoms with Crippen molar-refractivity contribution in [2.75, 3.05) is 5.32 Å². The number of anilines is 1. The number of urea groups is 1. The molecule has 0 aromatic heterocycles. The third-order valence-corrected chi connectivity index (χ3v) is 4.73. The highest BCUT2D eigenvalue weighted by Crippen LogP contribution is 2.23. The van der Waals surface area contributed by atoms with E-state index in [-0.39, 0.29) is 12.3 Å². The van der Waals surface area contributed by atoms with Gasteiger partial charge in [-0.05, 0) is 41.0 Å². The van der Waals surface area contributed by atoms with Gasteiger partial charge in [0.05, 0.1) is 12.5 Å². The summed E-state index contributed by atoms with van der Waals surface area (Å²) in [6, 6.07) is 23.9. The van der Waals surface area contributed by atoms with Crippen LogP contribution in [0.15, 0.2) is 83.3 Å². The molecule has 0 aliphatic carbocycles. The molecule has 142 valence electrons. The molecule has 6 heteroatoms. The van der Waals surface area contributed by atoms with Gasteiger partial charge in [0.2, 0.25) is 5.91 Å². The van der Waals surface area contributed by atoms with Crippen LogP contribution >= 0.6 is 15.9 Å². The van der Waals surface area contributed by atoms with E-state index < -0.39 is 12.1 Å². The van der Waals surface area contributed by atoms with Gasteiger partial charge in [0.25, 0.3) is 0 Å². The third-order valence-electron chi connectivity index (χ3n) is 4.23. The summed E-state index contributed by atoms with van der Waals surface area (Å²) in [5, 5.41) is 5.49. The zero-order valence-electron chi connectivity index (χ0n) is 15.1. The summed E-state index contributed by atoms with van der Waals surface area (Å²) < 4.78 is 0.859. The summed E-state index contributed by atoms with van der Waals surface area (Å²) in [7, 11) is 0. The molecule has 1 atom stereocenters. The molecule has 3 aromatic rings. The normalized spacial score (nSPS) is 11.5. The molecule has 0 saturated heterocycles. The van der Waals surface area contributed by atoms with Crippen molar-refractivity contribution < 1.29 is 9.59 Å². The first-order chi connectivity index (χ1) is 13.5. The number of primary amides is 1. The van der Waals surface area contributed by atoms with Crippen molar-refractivity contribution in [3.05, 3.63) is 88.9 Å². The van der Waals surface area contributed by atoms with Crippen molar-refractivity contribution in [1.82, 2.24) is 5.32 Å². The molecule has 0 unspecified atom stereocenters. The van der Waals surface area contributed by atoms with E-state index in [4.69, 9.17) is 5.73 Å². The fraction of sp³-hybridized carbons (Fsp3) is 0.0909. The second-order valence-corrected chi connectivity index (χ2v) is 7.23. The van der Waals surface area contributed by atoms with Crippen molar-refractivity contribution in [3.8, 4) is 11.1 Å². The van der Waals surface area contributed by atoms with Gasteiger partial charge in [-0.2, -0.15) is 0 Å². The number of nitrogens with one attached hydrogen (secondary N) is 2. The van der Waals surface area contributed by atoms with Crippen molar-refractivity contribution >= 4 is 33.6 Å². The minimum absolute atomic E-state index is 0.0693. The first kappa shape index (κ1) is 19.6. The Kier molecular flexibility index (Phi) is 6.45. The number of benzene rings is 3. The van der Waals surface area contributed by atoms with E-state index in [0.29, 0.717) is 5.69 Å². The van der Waals surface area contributed by atoms with Crippen LogP contribution in [0.3, 0.4) is 0 Å². The molecule has 0 spiro atoms. The lowest BCUT2D eigenvalue weighted by Gasteiger charge is -2.18. The molecule has 0 heterocycles. The van der Waals surface area contributed by atoms with E-state index in [0.717, 1.165) is 21.2 Å². The second kappa shape index (κ2) is 9.19. The largest absolute Gasteiger partial charge is 0.352 e. The number of halogens is 1. The van der Waals surface area contributed by atoms with Gasteiger partial charge in [-0.3, -0.25) is 4.79 Å². The van der Waals surface area contributed by atoms with Gasteiger partial charge >= 0.3 is 6.03 Å². The van der Waals surface area contributed by atoms with Crippen LogP contribution in [-0.2, 0) is 4.79 Å². The van der Waals surface area contributed by atoms with E-state index in [1.807, 2.05) is 78.9 Å². The van der Waals surface area contributed by atoms with Crippen LogP contribution in [0.4, 0.5) is 10.5 Å². The maximum atomic E-state index is 12.5. The average Bonchev–Trinajstić information content (AvgIpc) is 2.68. The number of hydrogen-bond acceptors (Lipinski definition) is 2. The lowest BCUT2D eigenvalue weighted by atomic mass is 10.0. The van der Waals surface area contributed by atoms with E-state index >= 15 is 0 Å². The zero-order valence-corrected chi connectivity index (χ0v) is 16.6. The van der Waals surface area contributed by atoms with Crippen LogP contribution in [0.25, 0.3) is 11.1 Å². The van der Waals surface area contributed by atoms with Gasteiger partial charge in [0.15, 0.2) is 0 Å². The predicted molar refractivity (Wildman–Crippen MR) is 115 cm³/mol. The first-order valence-corrected chi connectivity index (χ1v) is 9.57. The molecule has 4 N–H and O–H groups in total. The molecule has 0 fully saturated rings. The highest BCUT2D eigenvalue weighted by Gasteiger charge is 2.18. The van der Waals surface area contributed by atoms with Gasteiger partial charge in [-0.1, -0.05) is 70.5 Å². The summed E-state index contributed by atoms with van der Waals surface area (Å²) in [4.78, 5) is 23.9. The van der Waals surface area contributed by atoms with Crippen LogP contribution in [-0.4, -0.2) is 11.9 Å². The Labute approximate surface area is 172 Å². The maximum absolute atomic E-state index is 12.5. The number of rotatable bonds is 6. The Morgan fingerprint density at radius 3 is 2.21 bits per heavy atom. The smallest absolute Gasteiger partial charge is 0.312 e. The molecule has 3 rings (SSSR count). The Balaban J connectivity index is 1.68. The molecule has 0 aliphatic heterocycles. The van der Waals surface area contributed by atoms with Crippen LogP contribution in [0, 0.1) is 0 Å². The Bertz CT molecular complexity index is 959. The molecular weight excluding hydrogens is 418 g/mol. The van der Waals surface area contributed by atoms with Gasteiger partial charge in [0, 0.05) is 10.2 Å². The van der Waals surface area contributed by atoms with Crippen LogP contribution in [0.5, 0.6) is 0 Å². The minimum atomic E-state index is -0.676. The van der Waals surface area contributed by atoms with Crippen molar-refractivity contribution in [1.29, 1.82) is 0 Å². The molecular formula is C22H20BrN3O2. The van der Waals surface area contributed by atoms with Crippen LogP contribution in [0.2, 0.25) is 0 Å². The highest BCUT2D eigenvalue weighted by atomic mass is 79.9. The topological polar surface area (TPSA) is 84.2 Å². The molecule has 0 saturated carbocycles. The fourth-order valence-electron chi connectivity index (χ4n) is 2.92. The maximum Gasteiger partial charge on any atom is 0.312 e. The average molecular weight is 438 g/mol. The summed E-state index contributed by atoms with van der Waals surface area (Å²) in [5.74, 6) is -0.216. The second-order valence-electron chi connectivity index (χ2n) is 6.31. The highest BCUT2D eigenvalue weighted by molar-refractivity contribution is 9.10. The lowest BCUT2D eigenvalue weighted by molar-refractivity contribution is -0.116. The zero-order chi connectivity index (χ0) is 19.9. The molecule has 5 nitrogen and oxygen atoms in total. The Hall–Kier alpha value is -3.12. The molecule has 3 amide bonds. The van der Waals surface area contributed by atoms with Crippen molar-refractivity contribution in [2.24, 2.45) is 5.73 Å². The van der Waals surface area contributed by atoms with E-state index in [2.05, 4.69) is 26.6 Å². The van der Waals surface area contributed by atoms with Gasteiger partial charge in [0.1, 0.15) is 0 Å².